The topological polar surface area (TPSA) is 79.2 Å². The first-order valence-corrected chi connectivity index (χ1v) is 8.02. The molecule has 0 unspecified atom stereocenters. The van der Waals surface area contributed by atoms with Crippen LogP contribution in [0.2, 0.25) is 0 Å². The van der Waals surface area contributed by atoms with E-state index >= 15 is 0 Å². The summed E-state index contributed by atoms with van der Waals surface area (Å²) in [5, 5.41) is 8.94. The number of alkyl halides is 2. The van der Waals surface area contributed by atoms with E-state index in [1.54, 1.807) is 18.2 Å². The molecule has 0 aromatic heterocycles. The summed E-state index contributed by atoms with van der Waals surface area (Å²) in [5.41, 5.74) is 5.32. The Hall–Kier alpha value is -2.07. The molecule has 1 aromatic rings. The Morgan fingerprint density at radius 1 is 1.42 bits per heavy atom. The van der Waals surface area contributed by atoms with Gasteiger partial charge in [0.1, 0.15) is 6.07 Å². The molecule has 0 saturated heterocycles. The minimum absolute atomic E-state index is 0.145. The Balaban J connectivity index is 2.57. The summed E-state index contributed by atoms with van der Waals surface area (Å²) in [6.45, 7) is 3.76. The van der Waals surface area contributed by atoms with Crippen LogP contribution in [0.1, 0.15) is 32.3 Å². The second-order valence-corrected chi connectivity index (χ2v) is 7.26. The number of nitrogens with two attached hydrogens (primary N) is 1. The summed E-state index contributed by atoms with van der Waals surface area (Å²) in [6.07, 6.45) is -2.41. The number of carbonyl (C=O) groups excluding carboxylic acids is 1. The van der Waals surface area contributed by atoms with Crippen molar-refractivity contribution in [2.24, 2.45) is 16.1 Å². The number of nitrogens with zero attached hydrogens (tertiary/aromatic N) is 2. The molecule has 0 atom stereocenters. The number of Topliss-reactive ketones (excluding diaryl/α,β-unsaturated/α-hetero) is 1. The van der Waals surface area contributed by atoms with Gasteiger partial charge in [0.25, 0.3) is 6.43 Å². The van der Waals surface area contributed by atoms with Gasteiger partial charge in [0.15, 0.2) is 5.78 Å². The summed E-state index contributed by atoms with van der Waals surface area (Å²) in [6, 6.07) is 6.78. The maximum atomic E-state index is 13.0. The first-order chi connectivity index (χ1) is 11.1. The zero-order valence-corrected chi connectivity index (χ0v) is 14.8. The molecule has 0 aliphatic heterocycles. The zero-order chi connectivity index (χ0) is 18.1. The molecule has 0 radical (unpaired) electrons. The highest BCUT2D eigenvalue weighted by molar-refractivity contribution is 9.10. The Morgan fingerprint density at radius 3 is 2.62 bits per heavy atom. The normalized spacial score (nSPS) is 21.0. The van der Waals surface area contributed by atoms with Crippen LogP contribution < -0.4 is 5.73 Å². The summed E-state index contributed by atoms with van der Waals surface area (Å²) >= 11 is 3.26. The predicted molar refractivity (Wildman–Crippen MR) is 91.2 cm³/mol. The van der Waals surface area contributed by atoms with Crippen molar-refractivity contribution in [3.8, 4) is 6.07 Å². The van der Waals surface area contributed by atoms with Crippen LogP contribution in [-0.4, -0.2) is 17.9 Å². The first-order valence-electron chi connectivity index (χ1n) is 7.23. The summed E-state index contributed by atoms with van der Waals surface area (Å²) < 4.78 is 26.6. The molecule has 126 valence electrons. The molecule has 0 heterocycles. The van der Waals surface area contributed by atoms with E-state index in [1.165, 1.54) is 0 Å². The molecule has 24 heavy (non-hydrogen) atoms. The van der Waals surface area contributed by atoms with Gasteiger partial charge in [0.2, 0.25) is 0 Å². The summed E-state index contributed by atoms with van der Waals surface area (Å²) in [7, 11) is 0. The van der Waals surface area contributed by atoms with Gasteiger partial charge in [-0.1, -0.05) is 13.8 Å². The number of carbonyl (C=O) groups is 1. The lowest BCUT2D eigenvalue weighted by atomic mass is 9.73. The van der Waals surface area contributed by atoms with E-state index in [4.69, 9.17) is 11.0 Å². The van der Waals surface area contributed by atoms with E-state index in [9.17, 15) is 13.6 Å². The second-order valence-electron chi connectivity index (χ2n) is 6.41. The van der Waals surface area contributed by atoms with Crippen molar-refractivity contribution in [2.75, 3.05) is 0 Å². The summed E-state index contributed by atoms with van der Waals surface area (Å²) in [4.78, 5) is 16.7. The van der Waals surface area contributed by atoms with Gasteiger partial charge in [0.05, 0.1) is 28.2 Å². The molecule has 0 bridgehead atoms. The molecular weight excluding hydrogens is 380 g/mol. The van der Waals surface area contributed by atoms with Gasteiger partial charge in [-0.3, -0.25) is 9.79 Å². The van der Waals surface area contributed by atoms with E-state index in [1.807, 2.05) is 19.9 Å². The lowest BCUT2D eigenvalue weighted by Gasteiger charge is -2.31. The first kappa shape index (κ1) is 18.3. The zero-order valence-electron chi connectivity index (χ0n) is 13.2. The fraction of sp³-hybridized carbons (Fsp3) is 0.353. The number of hydrogen-bond acceptors (Lipinski definition) is 4. The number of nitriles is 1. The van der Waals surface area contributed by atoms with Crippen molar-refractivity contribution in [3.05, 3.63) is 39.5 Å². The van der Waals surface area contributed by atoms with Crippen molar-refractivity contribution < 1.29 is 13.6 Å². The van der Waals surface area contributed by atoms with Gasteiger partial charge in [-0.05, 0) is 46.0 Å². The molecule has 0 spiro atoms. The number of aliphatic imine (C=N–C) groups is 1. The molecule has 1 aliphatic carbocycles. The molecule has 1 saturated carbocycles. The third-order valence-corrected chi connectivity index (χ3v) is 4.37. The van der Waals surface area contributed by atoms with Crippen LogP contribution in [0, 0.1) is 16.7 Å². The third-order valence-electron chi connectivity index (χ3n) is 3.71. The van der Waals surface area contributed by atoms with Crippen LogP contribution in [-0.2, 0) is 4.79 Å². The number of rotatable bonds is 2. The number of benzene rings is 1. The van der Waals surface area contributed by atoms with Crippen LogP contribution in [0.4, 0.5) is 14.5 Å². The van der Waals surface area contributed by atoms with Crippen molar-refractivity contribution in [3.63, 3.8) is 0 Å². The quantitative estimate of drug-likeness (QED) is 0.759. The van der Waals surface area contributed by atoms with Gasteiger partial charge >= 0.3 is 0 Å². The van der Waals surface area contributed by atoms with E-state index in [2.05, 4.69) is 20.9 Å². The predicted octanol–water partition coefficient (Wildman–Crippen LogP) is 4.26. The Labute approximate surface area is 147 Å². The van der Waals surface area contributed by atoms with E-state index < -0.39 is 17.9 Å². The van der Waals surface area contributed by atoms with Gasteiger partial charge in [-0.15, -0.1) is 0 Å². The third kappa shape index (κ3) is 3.88. The average Bonchev–Trinajstić information content (AvgIpc) is 2.45. The van der Waals surface area contributed by atoms with Gasteiger partial charge in [0, 0.05) is 10.9 Å². The number of allylic oxidation sites excluding steroid dienone is 2. The molecule has 1 fully saturated rings. The Kier molecular flexibility index (Phi) is 5.19. The number of halogens is 3. The maximum absolute atomic E-state index is 13.0. The highest BCUT2D eigenvalue weighted by Crippen LogP contribution is 2.37. The van der Waals surface area contributed by atoms with E-state index in [0.717, 1.165) is 0 Å². The van der Waals surface area contributed by atoms with E-state index in [0.29, 0.717) is 22.1 Å². The van der Waals surface area contributed by atoms with Crippen LogP contribution in [0.5, 0.6) is 0 Å². The molecule has 0 amide bonds. The van der Waals surface area contributed by atoms with Crippen molar-refractivity contribution >= 4 is 33.1 Å². The van der Waals surface area contributed by atoms with Gasteiger partial charge in [-0.2, -0.15) is 5.26 Å². The largest absolute Gasteiger partial charge is 0.397 e. The smallest absolute Gasteiger partial charge is 0.278 e. The van der Waals surface area contributed by atoms with Crippen LogP contribution in [0.25, 0.3) is 0 Å². The molecule has 7 heteroatoms. The van der Waals surface area contributed by atoms with Gasteiger partial charge in [-0.25, -0.2) is 8.78 Å². The summed E-state index contributed by atoms with van der Waals surface area (Å²) in [5.74, 6) is -0.421. The minimum atomic E-state index is -2.91. The van der Waals surface area contributed by atoms with Crippen molar-refractivity contribution in [1.29, 1.82) is 5.26 Å². The van der Waals surface area contributed by atoms with Crippen LogP contribution >= 0.6 is 15.9 Å². The van der Waals surface area contributed by atoms with Gasteiger partial charge < -0.3 is 5.73 Å². The lowest BCUT2D eigenvalue weighted by molar-refractivity contribution is -0.117. The van der Waals surface area contributed by atoms with Crippen LogP contribution in [0.3, 0.4) is 0 Å². The molecule has 1 aliphatic rings. The van der Waals surface area contributed by atoms with Crippen molar-refractivity contribution in [2.45, 2.75) is 33.1 Å². The monoisotopic (exact) mass is 395 g/mol. The van der Waals surface area contributed by atoms with Crippen LogP contribution in [0.15, 0.2) is 38.9 Å². The van der Waals surface area contributed by atoms with Crippen molar-refractivity contribution in [1.82, 2.24) is 0 Å². The molecule has 2 N–H and O–H groups in total. The Bertz CT molecular complexity index is 792. The van der Waals surface area contributed by atoms with E-state index in [-0.39, 0.29) is 23.1 Å². The fourth-order valence-corrected chi connectivity index (χ4v) is 3.10. The molecule has 4 nitrogen and oxygen atoms in total. The highest BCUT2D eigenvalue weighted by Gasteiger charge is 2.37. The fourth-order valence-electron chi connectivity index (χ4n) is 2.64. The highest BCUT2D eigenvalue weighted by atomic mass is 79.9. The minimum Gasteiger partial charge on any atom is -0.397 e. The molecule has 1 aromatic carbocycles. The Morgan fingerprint density at radius 2 is 2.08 bits per heavy atom. The number of hydrogen-bond donors (Lipinski definition) is 1. The molecular formula is C17H16BrF2N3O. The molecule has 2 rings (SSSR count). The second kappa shape index (κ2) is 6.81. The average molecular weight is 396 g/mol. The lowest BCUT2D eigenvalue weighted by Crippen LogP contribution is -2.34. The SMILES string of the molecule is CC1(C)CC(=O)C(=C(N)C(F)F)C(=Nc2ccc(C#N)c(Br)c2)C1. The standard InChI is InChI=1S/C17H16BrF2N3O/c1-17(2)6-12(14(13(24)7-17)15(22)16(19)20)23-10-4-3-9(8-21)11(18)5-10/h3-5,16H,6-7,22H2,1-2H3. The number of ketones is 1. The maximum Gasteiger partial charge on any atom is 0.278 e.